The quantitative estimate of drug-likeness (QED) is 0.431. The molecule has 0 radical (unpaired) electrons. The number of imidazole rings is 1. The largest absolute Gasteiger partial charge is 0.378 e. The topological polar surface area (TPSA) is 121 Å². The fourth-order valence-electron chi connectivity index (χ4n) is 5.51. The number of halogens is 2. The summed E-state index contributed by atoms with van der Waals surface area (Å²) in [5, 5.41) is 5.88. The van der Waals surface area contributed by atoms with Crippen LogP contribution in [0.15, 0.2) is 30.3 Å². The molecule has 0 aliphatic carbocycles. The molecule has 0 bridgehead atoms. The summed E-state index contributed by atoms with van der Waals surface area (Å²) in [6, 6.07) is 8.46. The molecule has 6 rings (SSSR count). The van der Waals surface area contributed by atoms with Crippen molar-refractivity contribution in [2.24, 2.45) is 0 Å². The van der Waals surface area contributed by atoms with Gasteiger partial charge in [0.2, 0.25) is 17.8 Å². The van der Waals surface area contributed by atoms with Gasteiger partial charge in [0.1, 0.15) is 11.6 Å². The van der Waals surface area contributed by atoms with Gasteiger partial charge in [-0.25, -0.2) is 13.8 Å². The van der Waals surface area contributed by atoms with Crippen LogP contribution in [-0.4, -0.2) is 108 Å². The van der Waals surface area contributed by atoms with Crippen LogP contribution in [0.4, 0.5) is 20.5 Å². The molecule has 3 aromatic rings. The molecule has 3 aliphatic heterocycles. The number of piperazine rings is 1. The highest BCUT2D eigenvalue weighted by molar-refractivity contribution is 5.87. The molecule has 2 N–H and O–H groups in total. The average molecular weight is 570 g/mol. The van der Waals surface area contributed by atoms with Crippen LogP contribution in [0.1, 0.15) is 25.1 Å². The van der Waals surface area contributed by atoms with E-state index in [2.05, 4.69) is 15.6 Å². The van der Waals surface area contributed by atoms with Crippen molar-refractivity contribution in [3.8, 4) is 5.82 Å². The Morgan fingerprint density at radius 2 is 1.76 bits per heavy atom. The normalized spacial score (nSPS) is 19.8. The van der Waals surface area contributed by atoms with Crippen LogP contribution < -0.4 is 20.4 Å². The van der Waals surface area contributed by atoms with Gasteiger partial charge < -0.3 is 30.1 Å². The summed E-state index contributed by atoms with van der Waals surface area (Å²) >= 11 is 0. The van der Waals surface area contributed by atoms with E-state index in [0.29, 0.717) is 81.1 Å². The number of carbonyl (C=O) groups excluding carboxylic acids is 2. The smallest absolute Gasteiger partial charge is 0.296 e. The van der Waals surface area contributed by atoms with Gasteiger partial charge in [-0.1, -0.05) is 12.1 Å². The predicted octanol–water partition coefficient (Wildman–Crippen LogP) is 1.11. The first kappa shape index (κ1) is 27.3. The molecular formula is C27H33F2N9O3. The lowest BCUT2D eigenvalue weighted by Crippen LogP contribution is -2.52. The van der Waals surface area contributed by atoms with Crippen molar-refractivity contribution in [1.82, 2.24) is 35.1 Å². The minimum absolute atomic E-state index is 0.0417. The number of aromatic nitrogens is 4. The molecule has 41 heavy (non-hydrogen) atoms. The number of alkyl halides is 2. The number of benzene rings is 1. The van der Waals surface area contributed by atoms with Crippen LogP contribution in [0.5, 0.6) is 0 Å². The molecule has 1 aromatic carbocycles. The molecule has 2 amide bonds. The molecule has 218 valence electrons. The predicted molar refractivity (Wildman–Crippen MR) is 147 cm³/mol. The number of rotatable bonds is 7. The minimum Gasteiger partial charge on any atom is -0.378 e. The van der Waals surface area contributed by atoms with E-state index >= 15 is 0 Å². The maximum absolute atomic E-state index is 14.1. The van der Waals surface area contributed by atoms with E-state index < -0.39 is 6.43 Å². The second kappa shape index (κ2) is 11.9. The number of amides is 2. The van der Waals surface area contributed by atoms with Gasteiger partial charge >= 0.3 is 0 Å². The number of ether oxygens (including phenoxy) is 1. The summed E-state index contributed by atoms with van der Waals surface area (Å²) in [7, 11) is 0. The van der Waals surface area contributed by atoms with Gasteiger partial charge in [-0.05, 0) is 31.5 Å². The van der Waals surface area contributed by atoms with E-state index in [1.165, 1.54) is 4.57 Å². The van der Waals surface area contributed by atoms with Crippen LogP contribution in [0, 0.1) is 0 Å². The van der Waals surface area contributed by atoms with Gasteiger partial charge in [-0.15, -0.1) is 0 Å². The van der Waals surface area contributed by atoms with Crippen molar-refractivity contribution < 1.29 is 23.1 Å². The standard InChI is InChI=1S/C27H33F2N9O3/c28-24(29)25-32-18-4-1-2-6-20(18)38(25)22-16-21(33-27(34-22)37-12-14-41-15-13-37)35-8-10-36(11-9-35)23(39)17-31-26(40)19-5-3-7-30-19/h1-2,4,6,16,19,24,30H,3,5,7-15,17H2,(H,31,40)/t19-/m0/s1. The molecule has 14 heteroatoms. The zero-order valence-electron chi connectivity index (χ0n) is 22.6. The number of nitrogens with one attached hydrogen (secondary N) is 2. The number of hydrogen-bond donors (Lipinski definition) is 2. The summed E-state index contributed by atoms with van der Waals surface area (Å²) in [5.41, 5.74) is 0.990. The first-order chi connectivity index (χ1) is 20.0. The Labute approximate surface area is 235 Å². The first-order valence-corrected chi connectivity index (χ1v) is 14.0. The lowest BCUT2D eigenvalue weighted by atomic mass is 10.2. The van der Waals surface area contributed by atoms with E-state index in [0.717, 1.165) is 19.4 Å². The Bertz CT molecular complexity index is 1400. The van der Waals surface area contributed by atoms with E-state index in [-0.39, 0.29) is 30.2 Å². The third-order valence-electron chi connectivity index (χ3n) is 7.74. The van der Waals surface area contributed by atoms with Crippen molar-refractivity contribution in [3.05, 3.63) is 36.2 Å². The lowest BCUT2D eigenvalue weighted by molar-refractivity contribution is -0.133. The molecule has 0 unspecified atom stereocenters. The van der Waals surface area contributed by atoms with Crippen LogP contribution in [0.25, 0.3) is 16.9 Å². The molecule has 1 atom stereocenters. The first-order valence-electron chi connectivity index (χ1n) is 14.0. The Kier molecular flexibility index (Phi) is 7.92. The van der Waals surface area contributed by atoms with Crippen LogP contribution in [0.3, 0.4) is 0 Å². The van der Waals surface area contributed by atoms with Gasteiger partial charge in [0.25, 0.3) is 6.43 Å². The summed E-state index contributed by atoms with van der Waals surface area (Å²) in [6.45, 7) is 4.86. The summed E-state index contributed by atoms with van der Waals surface area (Å²) in [6.07, 6.45) is -1.07. The molecule has 3 aliphatic rings. The second-order valence-electron chi connectivity index (χ2n) is 10.3. The number of carbonyl (C=O) groups is 2. The Balaban J connectivity index is 1.23. The van der Waals surface area contributed by atoms with Gasteiger partial charge in [-0.2, -0.15) is 9.97 Å². The van der Waals surface area contributed by atoms with Gasteiger partial charge in [-0.3, -0.25) is 14.2 Å². The average Bonchev–Trinajstić information content (AvgIpc) is 3.69. The maximum Gasteiger partial charge on any atom is 0.296 e. The number of fused-ring (bicyclic) bond motifs is 1. The van der Waals surface area contributed by atoms with Crippen molar-refractivity contribution in [2.75, 3.05) is 75.4 Å². The third kappa shape index (κ3) is 5.79. The van der Waals surface area contributed by atoms with Crippen LogP contribution in [-0.2, 0) is 14.3 Å². The zero-order chi connectivity index (χ0) is 28.3. The maximum atomic E-state index is 14.1. The van der Waals surface area contributed by atoms with Gasteiger partial charge in [0.15, 0.2) is 5.82 Å². The highest BCUT2D eigenvalue weighted by Crippen LogP contribution is 2.30. The molecular weight excluding hydrogens is 536 g/mol. The van der Waals surface area contributed by atoms with E-state index in [1.54, 1.807) is 35.2 Å². The van der Waals surface area contributed by atoms with Crippen LogP contribution >= 0.6 is 0 Å². The number of nitrogens with zero attached hydrogens (tertiary/aromatic N) is 7. The van der Waals surface area contributed by atoms with E-state index in [9.17, 15) is 18.4 Å². The number of morpholine rings is 1. The molecule has 5 heterocycles. The van der Waals surface area contributed by atoms with Crippen molar-refractivity contribution in [1.29, 1.82) is 0 Å². The molecule has 2 aromatic heterocycles. The number of para-hydroxylation sites is 2. The highest BCUT2D eigenvalue weighted by atomic mass is 19.3. The molecule has 12 nitrogen and oxygen atoms in total. The Morgan fingerprint density at radius 3 is 2.49 bits per heavy atom. The van der Waals surface area contributed by atoms with E-state index in [1.807, 2.05) is 9.80 Å². The van der Waals surface area contributed by atoms with E-state index in [4.69, 9.17) is 14.7 Å². The molecule has 0 spiro atoms. The minimum atomic E-state index is -2.80. The van der Waals surface area contributed by atoms with Crippen molar-refractivity contribution in [2.45, 2.75) is 25.3 Å². The van der Waals surface area contributed by atoms with Gasteiger partial charge in [0, 0.05) is 45.3 Å². The van der Waals surface area contributed by atoms with Crippen molar-refractivity contribution >= 4 is 34.6 Å². The molecule has 3 saturated heterocycles. The Hall–Kier alpha value is -3.91. The zero-order valence-corrected chi connectivity index (χ0v) is 22.6. The monoisotopic (exact) mass is 569 g/mol. The van der Waals surface area contributed by atoms with Crippen molar-refractivity contribution in [3.63, 3.8) is 0 Å². The highest BCUT2D eigenvalue weighted by Gasteiger charge is 2.28. The summed E-state index contributed by atoms with van der Waals surface area (Å²) in [5.74, 6) is 0.660. The molecule has 3 fully saturated rings. The second-order valence-corrected chi connectivity index (χ2v) is 10.3. The summed E-state index contributed by atoms with van der Waals surface area (Å²) in [4.78, 5) is 44.5. The fraction of sp³-hybridized carbons (Fsp3) is 0.519. The number of anilines is 2. The Morgan fingerprint density at radius 1 is 1.00 bits per heavy atom. The number of hydrogen-bond acceptors (Lipinski definition) is 9. The third-order valence-corrected chi connectivity index (χ3v) is 7.74. The van der Waals surface area contributed by atoms with Crippen LogP contribution in [0.2, 0.25) is 0 Å². The lowest BCUT2D eigenvalue weighted by Gasteiger charge is -2.36. The SMILES string of the molecule is O=C(NCC(=O)N1CCN(c2cc(-n3c(C(F)F)nc4ccccc43)nc(N3CCOCC3)n2)CC1)[C@@H]1CCCN1. The molecule has 0 saturated carbocycles. The fourth-order valence-corrected chi connectivity index (χ4v) is 5.51. The van der Waals surface area contributed by atoms with Gasteiger partial charge in [0.05, 0.1) is 36.8 Å². The summed E-state index contributed by atoms with van der Waals surface area (Å²) < 4.78 is 35.2.